The summed E-state index contributed by atoms with van der Waals surface area (Å²) in [7, 11) is 0. The molecule has 1 aromatic heterocycles. The molecule has 1 amide bonds. The molecule has 0 N–H and O–H groups in total. The van der Waals surface area contributed by atoms with Crippen molar-refractivity contribution in [2.45, 2.75) is 20.3 Å². The van der Waals surface area contributed by atoms with Crippen molar-refractivity contribution in [1.82, 2.24) is 4.90 Å². The Hall–Kier alpha value is -1.28. The van der Waals surface area contributed by atoms with Gasteiger partial charge in [-0.25, -0.2) is 0 Å². The average molecular weight is 299 g/mol. The molecular weight excluding hydrogens is 284 g/mol. The summed E-state index contributed by atoms with van der Waals surface area (Å²) in [5, 5.41) is 8.60. The highest BCUT2D eigenvalue weighted by Crippen LogP contribution is 2.20. The van der Waals surface area contributed by atoms with E-state index in [1.165, 1.54) is 6.26 Å². The SMILES string of the molecule is CC(C)CN(CCC#N)C(=O)c1ccoc1Br. The van der Waals surface area contributed by atoms with E-state index in [-0.39, 0.29) is 5.91 Å². The number of nitriles is 1. The second-order valence-corrected chi connectivity index (χ2v) is 4.88. The summed E-state index contributed by atoms with van der Waals surface area (Å²) in [6.07, 6.45) is 1.81. The highest BCUT2D eigenvalue weighted by molar-refractivity contribution is 9.10. The molecule has 0 aromatic carbocycles. The maximum Gasteiger partial charge on any atom is 0.258 e. The number of nitrogens with zero attached hydrogens (tertiary/aromatic N) is 2. The molecule has 1 heterocycles. The molecule has 0 radical (unpaired) electrons. The van der Waals surface area contributed by atoms with Gasteiger partial charge in [-0.1, -0.05) is 13.8 Å². The molecular formula is C12H15BrN2O2. The number of hydrogen-bond acceptors (Lipinski definition) is 3. The first-order valence-corrected chi connectivity index (χ1v) is 6.24. The number of amides is 1. The standard InChI is InChI=1S/C12H15BrN2O2/c1-9(2)8-15(6-3-5-14)12(16)10-4-7-17-11(10)13/h4,7,9H,3,6,8H2,1-2H3. The smallest absolute Gasteiger partial charge is 0.258 e. The Kier molecular flexibility index (Phi) is 5.23. The maximum atomic E-state index is 12.2. The van der Waals surface area contributed by atoms with Crippen molar-refractivity contribution in [2.75, 3.05) is 13.1 Å². The summed E-state index contributed by atoms with van der Waals surface area (Å²) in [5.74, 6) is 0.262. The molecule has 1 rings (SSSR count). The number of halogens is 1. The minimum Gasteiger partial charge on any atom is -0.457 e. The molecule has 1 aromatic rings. The first-order valence-electron chi connectivity index (χ1n) is 5.45. The lowest BCUT2D eigenvalue weighted by atomic mass is 10.2. The van der Waals surface area contributed by atoms with E-state index in [1.807, 2.05) is 13.8 Å². The van der Waals surface area contributed by atoms with Crippen LogP contribution in [0.15, 0.2) is 21.4 Å². The van der Waals surface area contributed by atoms with Crippen LogP contribution in [0.4, 0.5) is 0 Å². The molecule has 0 bridgehead atoms. The lowest BCUT2D eigenvalue weighted by Crippen LogP contribution is -2.34. The van der Waals surface area contributed by atoms with Crippen molar-refractivity contribution < 1.29 is 9.21 Å². The number of rotatable bonds is 5. The van der Waals surface area contributed by atoms with Gasteiger partial charge in [0.15, 0.2) is 4.67 Å². The fourth-order valence-electron chi connectivity index (χ4n) is 1.52. The highest BCUT2D eigenvalue weighted by atomic mass is 79.9. The number of hydrogen-bond donors (Lipinski definition) is 0. The van der Waals surface area contributed by atoms with Crippen LogP contribution in [-0.2, 0) is 0 Å². The van der Waals surface area contributed by atoms with E-state index in [4.69, 9.17) is 9.68 Å². The third kappa shape index (κ3) is 3.90. The Labute approximate surface area is 109 Å². The number of carbonyl (C=O) groups excluding carboxylic acids is 1. The fraction of sp³-hybridized carbons (Fsp3) is 0.500. The van der Waals surface area contributed by atoms with Gasteiger partial charge in [-0.15, -0.1) is 0 Å². The zero-order chi connectivity index (χ0) is 12.8. The lowest BCUT2D eigenvalue weighted by molar-refractivity contribution is 0.0738. The molecule has 0 unspecified atom stereocenters. The lowest BCUT2D eigenvalue weighted by Gasteiger charge is -2.23. The van der Waals surface area contributed by atoms with E-state index in [2.05, 4.69) is 22.0 Å². The van der Waals surface area contributed by atoms with E-state index in [9.17, 15) is 4.79 Å². The predicted octanol–water partition coefficient (Wildman–Crippen LogP) is 3.05. The van der Waals surface area contributed by atoms with Gasteiger partial charge in [-0.2, -0.15) is 5.26 Å². The van der Waals surface area contributed by atoms with Gasteiger partial charge in [-0.05, 0) is 27.9 Å². The molecule has 4 nitrogen and oxygen atoms in total. The highest BCUT2D eigenvalue weighted by Gasteiger charge is 2.20. The summed E-state index contributed by atoms with van der Waals surface area (Å²) in [6, 6.07) is 3.69. The Morgan fingerprint density at radius 2 is 2.35 bits per heavy atom. The number of furan rings is 1. The van der Waals surface area contributed by atoms with Gasteiger partial charge in [0.2, 0.25) is 0 Å². The van der Waals surface area contributed by atoms with E-state index >= 15 is 0 Å². The Morgan fingerprint density at radius 1 is 1.65 bits per heavy atom. The maximum absolute atomic E-state index is 12.2. The zero-order valence-corrected chi connectivity index (χ0v) is 11.5. The van der Waals surface area contributed by atoms with Gasteiger partial charge in [0.25, 0.3) is 5.91 Å². The third-order valence-corrected chi connectivity index (χ3v) is 2.83. The van der Waals surface area contributed by atoms with Crippen LogP contribution in [0.2, 0.25) is 0 Å². The molecule has 17 heavy (non-hydrogen) atoms. The molecule has 0 atom stereocenters. The largest absolute Gasteiger partial charge is 0.457 e. The minimum atomic E-state index is -0.102. The van der Waals surface area contributed by atoms with Crippen LogP contribution in [0.5, 0.6) is 0 Å². The Balaban J connectivity index is 2.79. The summed E-state index contributed by atoms with van der Waals surface area (Å²) in [4.78, 5) is 13.9. The Bertz CT molecular complexity index is 420. The molecule has 0 aliphatic heterocycles. The second kappa shape index (κ2) is 6.45. The van der Waals surface area contributed by atoms with Crippen LogP contribution in [0.1, 0.15) is 30.6 Å². The van der Waals surface area contributed by atoms with Crippen molar-refractivity contribution in [3.05, 3.63) is 22.6 Å². The van der Waals surface area contributed by atoms with Crippen molar-refractivity contribution >= 4 is 21.8 Å². The second-order valence-electron chi connectivity index (χ2n) is 4.16. The molecule has 0 aliphatic rings. The fourth-order valence-corrected chi connectivity index (χ4v) is 1.93. The minimum absolute atomic E-state index is 0.102. The molecule has 92 valence electrons. The summed E-state index contributed by atoms with van der Waals surface area (Å²) < 4.78 is 5.49. The molecule has 0 aliphatic carbocycles. The first-order chi connectivity index (χ1) is 8.06. The van der Waals surface area contributed by atoms with Crippen molar-refractivity contribution in [2.24, 2.45) is 5.92 Å². The summed E-state index contributed by atoms with van der Waals surface area (Å²) in [5.41, 5.74) is 0.503. The van der Waals surface area contributed by atoms with Gasteiger partial charge in [-0.3, -0.25) is 4.79 Å². The van der Waals surface area contributed by atoms with E-state index in [0.717, 1.165) is 0 Å². The van der Waals surface area contributed by atoms with Gasteiger partial charge in [0.1, 0.15) is 0 Å². The van der Waals surface area contributed by atoms with Crippen LogP contribution in [0.3, 0.4) is 0 Å². The molecule has 0 saturated carbocycles. The van der Waals surface area contributed by atoms with Crippen molar-refractivity contribution in [3.63, 3.8) is 0 Å². The molecule has 5 heteroatoms. The van der Waals surface area contributed by atoms with Crippen LogP contribution in [0.25, 0.3) is 0 Å². The van der Waals surface area contributed by atoms with Crippen LogP contribution < -0.4 is 0 Å². The van der Waals surface area contributed by atoms with Crippen LogP contribution >= 0.6 is 15.9 Å². The van der Waals surface area contributed by atoms with E-state index in [1.54, 1.807) is 11.0 Å². The monoisotopic (exact) mass is 298 g/mol. The van der Waals surface area contributed by atoms with Crippen LogP contribution in [0, 0.1) is 17.2 Å². The average Bonchev–Trinajstić information content (AvgIpc) is 2.69. The quantitative estimate of drug-likeness (QED) is 0.839. The Morgan fingerprint density at radius 3 is 2.82 bits per heavy atom. The topological polar surface area (TPSA) is 57.2 Å². The predicted molar refractivity (Wildman–Crippen MR) is 67.4 cm³/mol. The van der Waals surface area contributed by atoms with Gasteiger partial charge >= 0.3 is 0 Å². The van der Waals surface area contributed by atoms with E-state index < -0.39 is 0 Å². The van der Waals surface area contributed by atoms with E-state index in [0.29, 0.717) is 35.7 Å². The van der Waals surface area contributed by atoms with Crippen molar-refractivity contribution in [3.8, 4) is 6.07 Å². The summed E-state index contributed by atoms with van der Waals surface area (Å²) in [6.45, 7) is 5.16. The first kappa shape index (κ1) is 13.8. The molecule has 0 saturated heterocycles. The van der Waals surface area contributed by atoms with Crippen molar-refractivity contribution in [1.29, 1.82) is 5.26 Å². The normalized spacial score (nSPS) is 10.3. The summed E-state index contributed by atoms with van der Waals surface area (Å²) >= 11 is 3.19. The zero-order valence-electron chi connectivity index (χ0n) is 9.94. The number of carbonyl (C=O) groups is 1. The molecule has 0 fully saturated rings. The van der Waals surface area contributed by atoms with Gasteiger partial charge in [0, 0.05) is 13.1 Å². The van der Waals surface area contributed by atoms with Gasteiger partial charge in [0.05, 0.1) is 24.3 Å². The van der Waals surface area contributed by atoms with Gasteiger partial charge < -0.3 is 9.32 Å². The molecule has 0 spiro atoms. The third-order valence-electron chi connectivity index (χ3n) is 2.21. The van der Waals surface area contributed by atoms with Crippen LogP contribution in [-0.4, -0.2) is 23.9 Å².